The number of hydrogen-bond donors (Lipinski definition) is 4. The second-order valence-electron chi connectivity index (χ2n) is 11.8. The number of rotatable bonds is 3. The van der Waals surface area contributed by atoms with Crippen molar-refractivity contribution < 1.29 is 34.1 Å². The number of carbonyl (C=O) groups excluding carboxylic acids is 4. The second-order valence-corrected chi connectivity index (χ2v) is 12.3. The maximum absolute atomic E-state index is 14.0. The van der Waals surface area contributed by atoms with E-state index in [9.17, 15) is 29.4 Å². The first-order valence-electron chi connectivity index (χ1n) is 14.3. The van der Waals surface area contributed by atoms with Crippen LogP contribution < -0.4 is 10.6 Å². The Balaban J connectivity index is 1.28. The Bertz CT molecular complexity index is 1210. The predicted octanol–water partition coefficient (Wildman–Crippen LogP) is -1.14. The Hall–Kier alpha value is -2.77. The molecule has 4 N–H and O–H groups in total. The molecule has 0 radical (unpaired) electrons. The van der Waals surface area contributed by atoms with Gasteiger partial charge in [-0.2, -0.15) is 0 Å². The molecule has 4 amide bonds. The van der Waals surface area contributed by atoms with Gasteiger partial charge in [0.25, 0.3) is 0 Å². The van der Waals surface area contributed by atoms with Gasteiger partial charge < -0.3 is 35.4 Å². The molecular weight excluding hydrogens is 554 g/mol. The number of likely N-dealkylation sites (tertiary alicyclic amines) is 1. The number of fused-ring (bicyclic) bond motifs is 6. The lowest BCUT2D eigenvalue weighted by Crippen LogP contribution is -2.63. The van der Waals surface area contributed by atoms with Crippen LogP contribution in [-0.2, 0) is 30.5 Å². The molecule has 0 aromatic heterocycles. The van der Waals surface area contributed by atoms with Gasteiger partial charge in [0.1, 0.15) is 24.4 Å². The van der Waals surface area contributed by atoms with Crippen LogP contribution in [0.5, 0.6) is 0 Å². The number of ether oxygens (including phenoxy) is 1. The summed E-state index contributed by atoms with van der Waals surface area (Å²) in [6, 6.07) is 5.62. The van der Waals surface area contributed by atoms with Gasteiger partial charge in [0.2, 0.25) is 23.6 Å². The molecule has 222 valence electrons. The van der Waals surface area contributed by atoms with Crippen molar-refractivity contribution >= 4 is 35.2 Å². The molecule has 13 heteroatoms. The van der Waals surface area contributed by atoms with Gasteiger partial charge in [-0.05, 0) is 37.0 Å². The Morgan fingerprint density at radius 3 is 2.59 bits per heavy atom. The first-order valence-corrected chi connectivity index (χ1v) is 14.7. The zero-order valence-corrected chi connectivity index (χ0v) is 23.4. The van der Waals surface area contributed by atoms with Gasteiger partial charge in [-0.25, -0.2) is 0 Å². The normalized spacial score (nSPS) is 34.9. The van der Waals surface area contributed by atoms with E-state index in [1.165, 1.54) is 0 Å². The molecule has 4 aliphatic heterocycles. The first kappa shape index (κ1) is 28.4. The van der Waals surface area contributed by atoms with Crippen LogP contribution in [-0.4, -0.2) is 124 Å². The molecule has 41 heavy (non-hydrogen) atoms. The zero-order chi connectivity index (χ0) is 28.8. The summed E-state index contributed by atoms with van der Waals surface area (Å²) in [5.74, 6) is -1.12. The predicted molar refractivity (Wildman–Crippen MR) is 145 cm³/mol. The molecule has 1 saturated carbocycles. The molecule has 5 aliphatic rings. The van der Waals surface area contributed by atoms with Crippen LogP contribution in [0.4, 0.5) is 0 Å². The second kappa shape index (κ2) is 11.5. The molecule has 5 fully saturated rings. The standard InChI is InChI=1S/C28H36ClN5O7/c29-17-3-1-2-15(8-17)12-33-13-18-9-19(33)28(40)32-6-7-34(27(39)16-4-5-16)20(14-32)26(38)30-11-22-25(37)24(36)21(41-22)10-23(35)31-18/h1-3,8,16,18-22,24-25,36-37H,4-7,9-14H2,(H,30,38)(H,31,35)/t18-,19-,20-,21-,22+,24-,25+/m0/s1. The number of nitrogens with zero attached hydrogens (tertiary/aromatic N) is 3. The number of aliphatic hydroxyl groups excluding tert-OH is 2. The lowest BCUT2D eigenvalue weighted by Gasteiger charge is -2.42. The van der Waals surface area contributed by atoms with E-state index < -0.39 is 42.4 Å². The Labute approximate surface area is 242 Å². The van der Waals surface area contributed by atoms with Gasteiger partial charge >= 0.3 is 0 Å². The average Bonchev–Trinajstić information content (AvgIpc) is 3.68. The summed E-state index contributed by atoms with van der Waals surface area (Å²) >= 11 is 6.21. The SMILES string of the molecule is O=C1C[C@@H]2O[C@H](CNC(=O)[C@@H]3CN(CCN3C(=O)C3CC3)C(=O)[C@@H]3C[C@@H](CN3Cc3cccc(Cl)c3)N1)[C@@H](O)[C@H]2O. The van der Waals surface area contributed by atoms with E-state index in [4.69, 9.17) is 16.3 Å². The zero-order valence-electron chi connectivity index (χ0n) is 22.7. The maximum atomic E-state index is 14.0. The first-order chi connectivity index (χ1) is 19.7. The van der Waals surface area contributed by atoms with E-state index >= 15 is 0 Å². The van der Waals surface area contributed by atoms with E-state index in [0.717, 1.165) is 18.4 Å². The van der Waals surface area contributed by atoms with Crippen molar-refractivity contribution in [3.8, 4) is 0 Å². The van der Waals surface area contributed by atoms with Gasteiger partial charge in [0, 0.05) is 49.7 Å². The number of aliphatic hydroxyl groups is 2. The Morgan fingerprint density at radius 1 is 1.05 bits per heavy atom. The third-order valence-electron chi connectivity index (χ3n) is 8.86. The van der Waals surface area contributed by atoms with E-state index in [1.807, 2.05) is 23.1 Å². The van der Waals surface area contributed by atoms with Gasteiger partial charge in [-0.1, -0.05) is 23.7 Å². The van der Waals surface area contributed by atoms with E-state index in [2.05, 4.69) is 10.6 Å². The monoisotopic (exact) mass is 589 g/mol. The lowest BCUT2D eigenvalue weighted by molar-refractivity contribution is -0.151. The summed E-state index contributed by atoms with van der Waals surface area (Å²) in [5.41, 5.74) is 0.924. The van der Waals surface area contributed by atoms with Crippen LogP contribution in [0.25, 0.3) is 0 Å². The molecule has 6 bridgehead atoms. The summed E-state index contributed by atoms with van der Waals surface area (Å²) in [6.07, 6.45) is -2.68. The number of halogens is 1. The Kier molecular flexibility index (Phi) is 7.94. The molecule has 1 aromatic rings. The van der Waals surface area contributed by atoms with Gasteiger partial charge in [0.05, 0.1) is 25.1 Å². The van der Waals surface area contributed by atoms with Gasteiger partial charge in [-0.3, -0.25) is 24.1 Å². The largest absolute Gasteiger partial charge is 0.388 e. The minimum absolute atomic E-state index is 0.0426. The minimum atomic E-state index is -1.30. The average molecular weight is 590 g/mol. The molecule has 12 nitrogen and oxygen atoms in total. The lowest BCUT2D eigenvalue weighted by atomic mass is 10.0. The van der Waals surface area contributed by atoms with Crippen LogP contribution in [0.2, 0.25) is 5.02 Å². The summed E-state index contributed by atoms with van der Waals surface area (Å²) in [4.78, 5) is 58.8. The van der Waals surface area contributed by atoms with Crippen molar-refractivity contribution in [2.75, 3.05) is 32.7 Å². The van der Waals surface area contributed by atoms with E-state index in [-0.39, 0.29) is 55.7 Å². The third-order valence-corrected chi connectivity index (χ3v) is 9.09. The highest BCUT2D eigenvalue weighted by Crippen LogP contribution is 2.33. The fourth-order valence-corrected chi connectivity index (χ4v) is 6.72. The molecule has 0 unspecified atom stereocenters. The van der Waals surface area contributed by atoms with Crippen LogP contribution in [0.1, 0.15) is 31.2 Å². The molecule has 1 aromatic carbocycles. The highest BCUT2D eigenvalue weighted by molar-refractivity contribution is 6.30. The van der Waals surface area contributed by atoms with Gasteiger partial charge in [0.15, 0.2) is 0 Å². The fraction of sp³-hybridized carbons (Fsp3) is 0.643. The number of hydrogen-bond acceptors (Lipinski definition) is 8. The quantitative estimate of drug-likeness (QED) is 0.345. The molecule has 4 saturated heterocycles. The van der Waals surface area contributed by atoms with Crippen molar-refractivity contribution in [3.05, 3.63) is 34.9 Å². The highest BCUT2D eigenvalue weighted by Gasteiger charge is 2.48. The summed E-state index contributed by atoms with van der Waals surface area (Å²) in [6.45, 7) is 1.33. The Morgan fingerprint density at radius 2 is 1.83 bits per heavy atom. The number of nitrogens with one attached hydrogen (secondary N) is 2. The van der Waals surface area contributed by atoms with E-state index in [1.54, 1.807) is 15.9 Å². The highest BCUT2D eigenvalue weighted by atomic mass is 35.5. The molecule has 4 heterocycles. The van der Waals surface area contributed by atoms with Crippen molar-refractivity contribution in [3.63, 3.8) is 0 Å². The van der Waals surface area contributed by atoms with Crippen LogP contribution >= 0.6 is 11.6 Å². The molecule has 7 atom stereocenters. The topological polar surface area (TPSA) is 152 Å². The minimum Gasteiger partial charge on any atom is -0.388 e. The summed E-state index contributed by atoms with van der Waals surface area (Å²) in [7, 11) is 0. The maximum Gasteiger partial charge on any atom is 0.244 e. The van der Waals surface area contributed by atoms with Crippen LogP contribution in [0.3, 0.4) is 0 Å². The smallest absolute Gasteiger partial charge is 0.244 e. The van der Waals surface area contributed by atoms with Crippen molar-refractivity contribution in [1.29, 1.82) is 0 Å². The van der Waals surface area contributed by atoms with Crippen molar-refractivity contribution in [2.45, 2.75) is 74.8 Å². The fourth-order valence-electron chi connectivity index (χ4n) is 6.51. The van der Waals surface area contributed by atoms with Crippen molar-refractivity contribution in [2.24, 2.45) is 5.92 Å². The number of piperazine rings is 1. The van der Waals surface area contributed by atoms with Crippen molar-refractivity contribution in [1.82, 2.24) is 25.3 Å². The molecular formula is C28H36ClN5O7. The molecule has 0 spiro atoms. The number of carbonyl (C=O) groups is 4. The van der Waals surface area contributed by atoms with Crippen LogP contribution in [0.15, 0.2) is 24.3 Å². The van der Waals surface area contributed by atoms with Gasteiger partial charge in [-0.15, -0.1) is 0 Å². The molecule has 6 rings (SSSR count). The summed E-state index contributed by atoms with van der Waals surface area (Å²) < 4.78 is 5.80. The summed E-state index contributed by atoms with van der Waals surface area (Å²) in [5, 5.41) is 27.4. The van der Waals surface area contributed by atoms with Crippen LogP contribution in [0, 0.1) is 5.92 Å². The number of amides is 4. The van der Waals surface area contributed by atoms with E-state index in [0.29, 0.717) is 31.1 Å². The third kappa shape index (κ3) is 5.94. The molecule has 1 aliphatic carbocycles. The number of benzene rings is 1.